The van der Waals surface area contributed by atoms with Gasteiger partial charge in [-0.1, -0.05) is 12.1 Å². The topological polar surface area (TPSA) is 33.2 Å². The van der Waals surface area contributed by atoms with Crippen LogP contribution in [0.1, 0.15) is 19.3 Å². The summed E-state index contributed by atoms with van der Waals surface area (Å²) < 4.78 is 0.967. The van der Waals surface area contributed by atoms with Gasteiger partial charge in [0, 0.05) is 41.1 Å². The first-order chi connectivity index (χ1) is 10.2. The lowest BCUT2D eigenvalue weighted by Gasteiger charge is -2.17. The van der Waals surface area contributed by atoms with Crippen LogP contribution in [0.25, 0.3) is 11.1 Å². The summed E-state index contributed by atoms with van der Waals surface area (Å²) in [5, 5.41) is 0. The summed E-state index contributed by atoms with van der Waals surface area (Å²) in [6, 6.07) is 10.2. The maximum absolute atomic E-state index is 12.1. The maximum Gasteiger partial charge on any atom is 0.227 e. The second-order valence-corrected chi connectivity index (χ2v) is 7.01. The van der Waals surface area contributed by atoms with Crippen molar-refractivity contribution in [3.63, 3.8) is 0 Å². The van der Waals surface area contributed by atoms with Crippen molar-refractivity contribution >= 4 is 27.5 Å². The van der Waals surface area contributed by atoms with Crippen molar-refractivity contribution in [2.24, 2.45) is 5.41 Å². The number of aromatic nitrogens is 1. The van der Waals surface area contributed by atoms with Crippen molar-refractivity contribution in [3.8, 4) is 11.1 Å². The Hall–Kier alpha value is -1.68. The van der Waals surface area contributed by atoms with Crippen molar-refractivity contribution in [2.45, 2.75) is 19.3 Å². The van der Waals surface area contributed by atoms with Crippen LogP contribution in [0.4, 0.5) is 5.69 Å². The highest BCUT2D eigenvalue weighted by atomic mass is 79.9. The van der Waals surface area contributed by atoms with Crippen LogP contribution < -0.4 is 4.90 Å². The van der Waals surface area contributed by atoms with E-state index >= 15 is 0 Å². The molecule has 1 amide bonds. The molecule has 1 saturated heterocycles. The number of nitrogens with zero attached hydrogens (tertiary/aromatic N) is 2. The number of rotatable bonds is 2. The van der Waals surface area contributed by atoms with Gasteiger partial charge in [-0.15, -0.1) is 0 Å². The van der Waals surface area contributed by atoms with E-state index in [0.717, 1.165) is 34.3 Å². The normalized spacial score (nSPS) is 19.3. The molecule has 1 saturated carbocycles. The number of carbonyl (C=O) groups excluding carboxylic acids is 1. The zero-order valence-corrected chi connectivity index (χ0v) is 13.1. The molecule has 2 aromatic rings. The predicted molar refractivity (Wildman–Crippen MR) is 86.0 cm³/mol. The van der Waals surface area contributed by atoms with Crippen LogP contribution in [0, 0.1) is 5.41 Å². The highest BCUT2D eigenvalue weighted by molar-refractivity contribution is 9.10. The molecule has 0 atom stereocenters. The number of amides is 1. The molecule has 4 heteroatoms. The van der Waals surface area contributed by atoms with E-state index in [1.807, 2.05) is 29.3 Å². The first-order valence-corrected chi connectivity index (χ1v) is 7.96. The van der Waals surface area contributed by atoms with Gasteiger partial charge in [0.05, 0.1) is 0 Å². The fourth-order valence-electron chi connectivity index (χ4n) is 3.05. The number of pyridine rings is 1. The summed E-state index contributed by atoms with van der Waals surface area (Å²) in [7, 11) is 0. The van der Waals surface area contributed by atoms with E-state index in [-0.39, 0.29) is 5.91 Å². The first kappa shape index (κ1) is 13.0. The quantitative estimate of drug-likeness (QED) is 0.825. The van der Waals surface area contributed by atoms with E-state index < -0.39 is 0 Å². The minimum absolute atomic E-state index is 0.268. The van der Waals surface area contributed by atoms with Gasteiger partial charge >= 0.3 is 0 Å². The van der Waals surface area contributed by atoms with Crippen LogP contribution in [0.15, 0.2) is 47.2 Å². The maximum atomic E-state index is 12.1. The van der Waals surface area contributed by atoms with E-state index in [1.165, 1.54) is 12.8 Å². The van der Waals surface area contributed by atoms with Crippen LogP contribution in [-0.4, -0.2) is 17.4 Å². The standard InChI is InChI=1S/C17H15BrN2O/c18-14-7-13(9-19-10-14)12-1-3-15(4-2-12)20-11-17(5-6-17)8-16(20)21/h1-4,7,9-10H,5-6,8,11H2. The molecule has 0 bridgehead atoms. The molecule has 3 nitrogen and oxygen atoms in total. The predicted octanol–water partition coefficient (Wildman–Crippen LogP) is 4.03. The highest BCUT2D eigenvalue weighted by Crippen LogP contribution is 2.53. The highest BCUT2D eigenvalue weighted by Gasteiger charge is 2.51. The van der Waals surface area contributed by atoms with E-state index in [2.05, 4.69) is 33.0 Å². The van der Waals surface area contributed by atoms with Crippen LogP contribution in [-0.2, 0) is 4.79 Å². The molecule has 0 radical (unpaired) electrons. The molecule has 2 heterocycles. The number of carbonyl (C=O) groups is 1. The van der Waals surface area contributed by atoms with Gasteiger partial charge in [-0.05, 0) is 57.9 Å². The zero-order chi connectivity index (χ0) is 14.4. The summed E-state index contributed by atoms with van der Waals surface area (Å²) in [4.78, 5) is 18.3. The van der Waals surface area contributed by atoms with Gasteiger partial charge in [0.1, 0.15) is 0 Å². The second kappa shape index (κ2) is 4.67. The van der Waals surface area contributed by atoms with Crippen molar-refractivity contribution < 1.29 is 4.79 Å². The SMILES string of the molecule is O=C1CC2(CC2)CN1c1ccc(-c2cncc(Br)c2)cc1. The molecule has 106 valence electrons. The van der Waals surface area contributed by atoms with E-state index in [9.17, 15) is 4.79 Å². The van der Waals surface area contributed by atoms with Crippen molar-refractivity contribution in [1.29, 1.82) is 0 Å². The van der Waals surface area contributed by atoms with Gasteiger partial charge < -0.3 is 4.90 Å². The number of hydrogen-bond donors (Lipinski definition) is 0. The largest absolute Gasteiger partial charge is 0.312 e. The molecule has 0 N–H and O–H groups in total. The summed E-state index contributed by atoms with van der Waals surface area (Å²) in [5.41, 5.74) is 3.50. The molecule has 2 aliphatic rings. The summed E-state index contributed by atoms with van der Waals surface area (Å²) in [6.45, 7) is 0.892. The number of halogens is 1. The Balaban J connectivity index is 1.60. The molecular formula is C17H15BrN2O. The summed E-state index contributed by atoms with van der Waals surface area (Å²) in [5.74, 6) is 0.268. The van der Waals surface area contributed by atoms with Crippen molar-refractivity contribution in [2.75, 3.05) is 11.4 Å². The molecule has 4 rings (SSSR count). The lowest BCUT2D eigenvalue weighted by molar-refractivity contribution is -0.117. The van der Waals surface area contributed by atoms with E-state index in [1.54, 1.807) is 6.20 Å². The van der Waals surface area contributed by atoms with Crippen LogP contribution in [0.2, 0.25) is 0 Å². The van der Waals surface area contributed by atoms with Crippen LogP contribution in [0.3, 0.4) is 0 Å². The third-order valence-electron chi connectivity index (χ3n) is 4.50. The Bertz CT molecular complexity index is 707. The Kier molecular flexibility index (Phi) is 2.89. The Labute approximate surface area is 132 Å². The van der Waals surface area contributed by atoms with E-state index in [0.29, 0.717) is 5.41 Å². The van der Waals surface area contributed by atoms with Crippen LogP contribution >= 0.6 is 15.9 Å². The molecule has 1 spiro atoms. The average Bonchev–Trinajstić information content (AvgIpc) is 3.15. The number of hydrogen-bond acceptors (Lipinski definition) is 2. The molecule has 1 aliphatic carbocycles. The Morgan fingerprint density at radius 1 is 1.10 bits per heavy atom. The monoisotopic (exact) mass is 342 g/mol. The fourth-order valence-corrected chi connectivity index (χ4v) is 3.41. The summed E-state index contributed by atoms with van der Waals surface area (Å²) >= 11 is 3.44. The molecule has 0 unspecified atom stereocenters. The van der Waals surface area contributed by atoms with Gasteiger partial charge in [-0.3, -0.25) is 9.78 Å². The minimum Gasteiger partial charge on any atom is -0.312 e. The fraction of sp³-hybridized carbons (Fsp3) is 0.294. The first-order valence-electron chi connectivity index (χ1n) is 7.17. The Morgan fingerprint density at radius 2 is 1.86 bits per heavy atom. The lowest BCUT2D eigenvalue weighted by Crippen LogP contribution is -2.24. The Morgan fingerprint density at radius 3 is 2.48 bits per heavy atom. The second-order valence-electron chi connectivity index (χ2n) is 6.10. The average molecular weight is 343 g/mol. The molecule has 21 heavy (non-hydrogen) atoms. The zero-order valence-electron chi connectivity index (χ0n) is 11.6. The minimum atomic E-state index is 0.268. The number of benzene rings is 1. The van der Waals surface area contributed by atoms with Gasteiger partial charge in [0.15, 0.2) is 0 Å². The van der Waals surface area contributed by atoms with E-state index in [4.69, 9.17) is 0 Å². The van der Waals surface area contributed by atoms with Crippen LogP contribution in [0.5, 0.6) is 0 Å². The molecule has 1 aliphatic heterocycles. The number of anilines is 1. The molecule has 2 fully saturated rings. The smallest absolute Gasteiger partial charge is 0.227 e. The van der Waals surface area contributed by atoms with Gasteiger partial charge in [0.25, 0.3) is 0 Å². The molecular weight excluding hydrogens is 328 g/mol. The third-order valence-corrected chi connectivity index (χ3v) is 4.93. The van der Waals surface area contributed by atoms with Gasteiger partial charge in [-0.25, -0.2) is 0 Å². The van der Waals surface area contributed by atoms with Gasteiger partial charge in [-0.2, -0.15) is 0 Å². The molecule has 1 aromatic heterocycles. The lowest BCUT2D eigenvalue weighted by atomic mass is 10.1. The molecule has 1 aromatic carbocycles. The summed E-state index contributed by atoms with van der Waals surface area (Å²) in [6.07, 6.45) is 6.76. The van der Waals surface area contributed by atoms with Gasteiger partial charge in [0.2, 0.25) is 5.91 Å². The van der Waals surface area contributed by atoms with Crippen molar-refractivity contribution in [3.05, 3.63) is 47.2 Å². The third kappa shape index (κ3) is 2.38. The van der Waals surface area contributed by atoms with Crippen molar-refractivity contribution in [1.82, 2.24) is 4.98 Å².